The van der Waals surface area contributed by atoms with Crippen molar-refractivity contribution in [2.75, 3.05) is 19.3 Å². The van der Waals surface area contributed by atoms with E-state index in [9.17, 15) is 4.79 Å². The van der Waals surface area contributed by atoms with Gasteiger partial charge in [0.2, 0.25) is 11.9 Å². The molecule has 0 saturated heterocycles. The van der Waals surface area contributed by atoms with Crippen molar-refractivity contribution in [1.82, 2.24) is 24.2 Å². The molecule has 1 amide bonds. The number of carbonyl (C=O) groups excluding carboxylic acids is 1. The Bertz CT molecular complexity index is 656. The van der Waals surface area contributed by atoms with Gasteiger partial charge in [0, 0.05) is 20.6 Å². The highest BCUT2D eigenvalue weighted by molar-refractivity contribution is 5.85. The first-order chi connectivity index (χ1) is 9.92. The van der Waals surface area contributed by atoms with Crippen LogP contribution in [0.3, 0.4) is 0 Å². The molecule has 0 radical (unpaired) electrons. The number of nitrogens with two attached hydrogens (primary N) is 1. The number of aryl methyl sites for hydroxylation is 2. The summed E-state index contributed by atoms with van der Waals surface area (Å²) in [5.41, 5.74) is 8.59. The van der Waals surface area contributed by atoms with Crippen LogP contribution in [0.15, 0.2) is 0 Å². The maximum atomic E-state index is 12.4. The standard InChI is InChI=1S/C14H24N6O/c1-6-8-10-11-12(19(5)17-10)20(14(15)16-11)9(3)13(21)18(4)7-2/h9H,6-8H2,1-5H3,(H2,15,16). The second kappa shape index (κ2) is 5.75. The molecule has 0 aromatic carbocycles. The number of hydrogen-bond donors (Lipinski definition) is 1. The van der Waals surface area contributed by atoms with Crippen molar-refractivity contribution in [1.29, 1.82) is 0 Å². The summed E-state index contributed by atoms with van der Waals surface area (Å²) in [6.07, 6.45) is 1.84. The van der Waals surface area contributed by atoms with Crippen molar-refractivity contribution in [3.63, 3.8) is 0 Å². The molecule has 2 aromatic heterocycles. The monoisotopic (exact) mass is 292 g/mol. The van der Waals surface area contributed by atoms with Gasteiger partial charge < -0.3 is 10.6 Å². The van der Waals surface area contributed by atoms with Crippen molar-refractivity contribution in [2.45, 2.75) is 39.7 Å². The van der Waals surface area contributed by atoms with Gasteiger partial charge in [-0.3, -0.25) is 14.0 Å². The van der Waals surface area contributed by atoms with E-state index in [1.807, 2.05) is 20.9 Å². The number of rotatable bonds is 5. The number of nitrogens with zero attached hydrogens (tertiary/aromatic N) is 5. The van der Waals surface area contributed by atoms with Crippen LogP contribution in [-0.4, -0.2) is 43.7 Å². The number of likely N-dealkylation sites (N-methyl/N-ethyl adjacent to an activating group) is 1. The molecule has 0 aliphatic carbocycles. The van der Waals surface area contributed by atoms with Gasteiger partial charge in [-0.2, -0.15) is 5.10 Å². The Labute approximate surface area is 124 Å². The molecule has 2 N–H and O–H groups in total. The summed E-state index contributed by atoms with van der Waals surface area (Å²) in [5.74, 6) is 0.377. The van der Waals surface area contributed by atoms with Crippen LogP contribution in [0, 0.1) is 0 Å². The zero-order chi connectivity index (χ0) is 15.7. The number of fused-ring (bicyclic) bond motifs is 1. The highest BCUT2D eigenvalue weighted by Crippen LogP contribution is 2.26. The second-order valence-electron chi connectivity index (χ2n) is 5.36. The third kappa shape index (κ3) is 2.48. The van der Waals surface area contributed by atoms with Gasteiger partial charge in [-0.05, 0) is 20.3 Å². The van der Waals surface area contributed by atoms with E-state index in [1.165, 1.54) is 0 Å². The smallest absolute Gasteiger partial charge is 0.245 e. The maximum Gasteiger partial charge on any atom is 0.245 e. The van der Waals surface area contributed by atoms with Crippen LogP contribution in [0.2, 0.25) is 0 Å². The van der Waals surface area contributed by atoms with Gasteiger partial charge in [0.15, 0.2) is 5.65 Å². The summed E-state index contributed by atoms with van der Waals surface area (Å²) in [6, 6.07) is -0.398. The summed E-state index contributed by atoms with van der Waals surface area (Å²) in [7, 11) is 3.65. The van der Waals surface area contributed by atoms with E-state index in [1.54, 1.807) is 21.2 Å². The molecule has 7 heteroatoms. The molecule has 1 atom stereocenters. The molecule has 2 aromatic rings. The van der Waals surface area contributed by atoms with Crippen LogP contribution in [-0.2, 0) is 18.3 Å². The quantitative estimate of drug-likeness (QED) is 0.901. The summed E-state index contributed by atoms with van der Waals surface area (Å²) in [6.45, 7) is 6.55. The Balaban J connectivity index is 2.54. The van der Waals surface area contributed by atoms with Gasteiger partial charge in [-0.25, -0.2) is 4.98 Å². The molecule has 2 heterocycles. The van der Waals surface area contributed by atoms with Crippen molar-refractivity contribution >= 4 is 23.0 Å². The SMILES string of the molecule is CCCc1nn(C)c2c1nc(N)n2C(C)C(=O)N(C)CC. The molecule has 0 fully saturated rings. The minimum Gasteiger partial charge on any atom is -0.369 e. The molecule has 116 valence electrons. The third-order valence-electron chi connectivity index (χ3n) is 3.85. The van der Waals surface area contributed by atoms with Crippen LogP contribution in [0.5, 0.6) is 0 Å². The maximum absolute atomic E-state index is 12.4. The fourth-order valence-electron chi connectivity index (χ4n) is 2.59. The zero-order valence-corrected chi connectivity index (χ0v) is 13.4. The number of hydrogen-bond acceptors (Lipinski definition) is 4. The lowest BCUT2D eigenvalue weighted by molar-refractivity contribution is -0.132. The molecule has 0 spiro atoms. The van der Waals surface area contributed by atoms with Gasteiger partial charge in [-0.15, -0.1) is 0 Å². The highest BCUT2D eigenvalue weighted by Gasteiger charge is 2.26. The first kappa shape index (κ1) is 15.3. The number of amides is 1. The summed E-state index contributed by atoms with van der Waals surface area (Å²) < 4.78 is 3.54. The van der Waals surface area contributed by atoms with Crippen LogP contribution in [0.4, 0.5) is 5.95 Å². The van der Waals surface area contributed by atoms with Gasteiger partial charge in [0.25, 0.3) is 0 Å². The van der Waals surface area contributed by atoms with Crippen molar-refractivity contribution in [2.24, 2.45) is 7.05 Å². The molecule has 7 nitrogen and oxygen atoms in total. The molecular weight excluding hydrogens is 268 g/mol. The molecule has 1 unspecified atom stereocenters. The molecular formula is C14H24N6O. The first-order valence-corrected chi connectivity index (χ1v) is 7.36. The van der Waals surface area contributed by atoms with Crippen LogP contribution >= 0.6 is 0 Å². The van der Waals surface area contributed by atoms with E-state index in [4.69, 9.17) is 5.73 Å². The Morgan fingerprint density at radius 3 is 2.67 bits per heavy atom. The zero-order valence-electron chi connectivity index (χ0n) is 13.4. The molecule has 2 rings (SSSR count). The second-order valence-corrected chi connectivity index (χ2v) is 5.36. The van der Waals surface area contributed by atoms with Crippen LogP contribution in [0.1, 0.15) is 38.9 Å². The Hall–Kier alpha value is -2.05. The Kier molecular flexibility index (Phi) is 4.20. The highest BCUT2D eigenvalue weighted by atomic mass is 16.2. The third-order valence-corrected chi connectivity index (χ3v) is 3.85. The summed E-state index contributed by atoms with van der Waals surface area (Å²) >= 11 is 0. The lowest BCUT2D eigenvalue weighted by Gasteiger charge is -2.21. The predicted octanol–water partition coefficient (Wildman–Crippen LogP) is 1.34. The van der Waals surface area contributed by atoms with Crippen LogP contribution < -0.4 is 5.73 Å². The minimum atomic E-state index is -0.398. The van der Waals surface area contributed by atoms with Crippen molar-refractivity contribution in [3.05, 3.63) is 5.69 Å². The topological polar surface area (TPSA) is 82.0 Å². The van der Waals surface area contributed by atoms with E-state index in [2.05, 4.69) is 17.0 Å². The minimum absolute atomic E-state index is 0.0155. The van der Waals surface area contributed by atoms with Gasteiger partial charge in [-0.1, -0.05) is 13.3 Å². The molecule has 0 aliphatic rings. The molecule has 0 saturated carbocycles. The van der Waals surface area contributed by atoms with E-state index in [0.29, 0.717) is 12.5 Å². The van der Waals surface area contributed by atoms with Gasteiger partial charge >= 0.3 is 0 Å². The van der Waals surface area contributed by atoms with Crippen LogP contribution in [0.25, 0.3) is 11.2 Å². The summed E-state index contributed by atoms with van der Waals surface area (Å²) in [4.78, 5) is 18.5. The number of carbonyl (C=O) groups is 1. The van der Waals surface area contributed by atoms with E-state index < -0.39 is 6.04 Å². The van der Waals surface area contributed by atoms with Crippen molar-refractivity contribution in [3.8, 4) is 0 Å². The van der Waals surface area contributed by atoms with Gasteiger partial charge in [0.1, 0.15) is 11.6 Å². The average molecular weight is 292 g/mol. The fourth-order valence-corrected chi connectivity index (χ4v) is 2.59. The summed E-state index contributed by atoms with van der Waals surface area (Å²) in [5, 5.41) is 4.50. The molecule has 0 aliphatic heterocycles. The van der Waals surface area contributed by atoms with Gasteiger partial charge in [0.05, 0.1) is 5.69 Å². The fraction of sp³-hybridized carbons (Fsp3) is 0.643. The predicted molar refractivity (Wildman–Crippen MR) is 82.9 cm³/mol. The largest absolute Gasteiger partial charge is 0.369 e. The first-order valence-electron chi connectivity index (χ1n) is 7.36. The number of imidazole rings is 1. The van der Waals surface area contributed by atoms with E-state index in [-0.39, 0.29) is 5.91 Å². The number of nitrogen functional groups attached to an aromatic ring is 1. The molecule has 21 heavy (non-hydrogen) atoms. The average Bonchev–Trinajstić information content (AvgIpc) is 2.94. The molecule has 0 bridgehead atoms. The number of anilines is 1. The van der Waals surface area contributed by atoms with E-state index >= 15 is 0 Å². The lowest BCUT2D eigenvalue weighted by Crippen LogP contribution is -2.33. The Morgan fingerprint density at radius 1 is 1.43 bits per heavy atom. The Morgan fingerprint density at radius 2 is 2.10 bits per heavy atom. The lowest BCUT2D eigenvalue weighted by atomic mass is 10.2. The number of aromatic nitrogens is 4. The van der Waals surface area contributed by atoms with E-state index in [0.717, 1.165) is 29.7 Å². The normalized spacial score (nSPS) is 12.8. The van der Waals surface area contributed by atoms with Crippen molar-refractivity contribution < 1.29 is 4.79 Å².